The van der Waals surface area contributed by atoms with Gasteiger partial charge in [0.15, 0.2) is 5.96 Å². The lowest BCUT2D eigenvalue weighted by molar-refractivity contribution is -0.132. The van der Waals surface area contributed by atoms with Crippen LogP contribution in [0.4, 0.5) is 13.2 Å². The summed E-state index contributed by atoms with van der Waals surface area (Å²) in [5, 5.41) is 5.47. The first-order valence-corrected chi connectivity index (χ1v) is 6.54. The van der Waals surface area contributed by atoms with Crippen molar-refractivity contribution in [2.45, 2.75) is 19.1 Å². The Morgan fingerprint density at radius 2 is 1.86 bits per heavy atom. The number of hydrogen-bond acceptors (Lipinski definition) is 3. The van der Waals surface area contributed by atoms with Crippen molar-refractivity contribution in [3.63, 3.8) is 0 Å². The molecule has 0 atom stereocenters. The van der Waals surface area contributed by atoms with Gasteiger partial charge in [-0.25, -0.2) is 4.79 Å². The number of aliphatic imine (C=N–C) groups is 1. The summed E-state index contributed by atoms with van der Waals surface area (Å²) in [6.07, 6.45) is -5.13. The molecular weight excluding hydrogens is 299 g/mol. The lowest BCUT2D eigenvalue weighted by atomic mass is 10.1. The first-order valence-electron chi connectivity index (χ1n) is 6.54. The van der Waals surface area contributed by atoms with E-state index < -0.39 is 18.6 Å². The zero-order chi connectivity index (χ0) is 16.6. The van der Waals surface area contributed by atoms with E-state index >= 15 is 0 Å². The molecule has 1 rings (SSSR count). The van der Waals surface area contributed by atoms with Crippen LogP contribution in [0.5, 0.6) is 0 Å². The van der Waals surface area contributed by atoms with Gasteiger partial charge in [0.25, 0.3) is 0 Å². The standard InChI is InChI=1S/C14H18F3N3O2/c1-18-13(19-8-7-14(15,16)17)20-9-10-3-5-11(6-4-10)12(21)22-2/h3-6H,7-9H2,1-2H3,(H2,18,19,20). The Hall–Kier alpha value is -2.25. The summed E-state index contributed by atoms with van der Waals surface area (Å²) < 4.78 is 40.8. The van der Waals surface area contributed by atoms with Gasteiger partial charge in [-0.1, -0.05) is 12.1 Å². The molecule has 2 N–H and O–H groups in total. The predicted molar refractivity (Wildman–Crippen MR) is 76.7 cm³/mol. The lowest BCUT2D eigenvalue weighted by Gasteiger charge is -2.13. The van der Waals surface area contributed by atoms with Gasteiger partial charge in [0.05, 0.1) is 19.1 Å². The molecule has 0 spiro atoms. The number of methoxy groups -OCH3 is 1. The Labute approximate surface area is 126 Å². The third-order valence-corrected chi connectivity index (χ3v) is 2.76. The number of guanidine groups is 1. The minimum atomic E-state index is -4.20. The number of nitrogens with zero attached hydrogens (tertiary/aromatic N) is 1. The predicted octanol–water partition coefficient (Wildman–Crippen LogP) is 2.09. The Morgan fingerprint density at radius 1 is 1.23 bits per heavy atom. The molecular formula is C14H18F3N3O2. The van der Waals surface area contributed by atoms with E-state index in [-0.39, 0.29) is 12.5 Å². The van der Waals surface area contributed by atoms with Crippen molar-refractivity contribution in [3.05, 3.63) is 35.4 Å². The highest BCUT2D eigenvalue weighted by Gasteiger charge is 2.26. The highest BCUT2D eigenvalue weighted by molar-refractivity contribution is 5.89. The van der Waals surface area contributed by atoms with E-state index in [2.05, 4.69) is 20.4 Å². The summed E-state index contributed by atoms with van der Waals surface area (Å²) in [6.45, 7) is 0.123. The van der Waals surface area contributed by atoms with Gasteiger partial charge in [-0.2, -0.15) is 13.2 Å². The van der Waals surface area contributed by atoms with E-state index in [1.807, 2.05) is 0 Å². The average molecular weight is 317 g/mol. The topological polar surface area (TPSA) is 62.7 Å². The third-order valence-electron chi connectivity index (χ3n) is 2.76. The number of alkyl halides is 3. The van der Waals surface area contributed by atoms with Crippen molar-refractivity contribution >= 4 is 11.9 Å². The van der Waals surface area contributed by atoms with Gasteiger partial charge in [-0.05, 0) is 17.7 Å². The molecule has 0 saturated carbocycles. The molecule has 1 aromatic carbocycles. The molecule has 0 amide bonds. The molecule has 0 aliphatic carbocycles. The van der Waals surface area contributed by atoms with Crippen molar-refractivity contribution in [1.29, 1.82) is 0 Å². The Balaban J connectivity index is 2.45. The normalized spacial score (nSPS) is 12.0. The van der Waals surface area contributed by atoms with Crippen molar-refractivity contribution in [3.8, 4) is 0 Å². The van der Waals surface area contributed by atoms with E-state index in [9.17, 15) is 18.0 Å². The average Bonchev–Trinajstić information content (AvgIpc) is 2.49. The fourth-order valence-corrected chi connectivity index (χ4v) is 1.61. The third kappa shape index (κ3) is 6.47. The largest absolute Gasteiger partial charge is 0.465 e. The van der Waals surface area contributed by atoms with E-state index in [1.165, 1.54) is 14.2 Å². The van der Waals surface area contributed by atoms with Crippen LogP contribution in [0.25, 0.3) is 0 Å². The van der Waals surface area contributed by atoms with Gasteiger partial charge in [0, 0.05) is 20.1 Å². The monoisotopic (exact) mass is 317 g/mol. The van der Waals surface area contributed by atoms with Crippen LogP contribution in [0.3, 0.4) is 0 Å². The van der Waals surface area contributed by atoms with Gasteiger partial charge in [0.1, 0.15) is 0 Å². The molecule has 8 heteroatoms. The molecule has 122 valence electrons. The zero-order valence-corrected chi connectivity index (χ0v) is 12.3. The zero-order valence-electron chi connectivity index (χ0n) is 12.3. The maximum atomic E-state index is 12.1. The minimum Gasteiger partial charge on any atom is -0.465 e. The molecule has 0 aliphatic heterocycles. The number of esters is 1. The van der Waals surface area contributed by atoms with Gasteiger partial charge in [-0.3, -0.25) is 4.99 Å². The summed E-state index contributed by atoms with van der Waals surface area (Å²) in [7, 11) is 2.78. The number of hydrogen-bond donors (Lipinski definition) is 2. The van der Waals surface area contributed by atoms with Crippen LogP contribution in [0.1, 0.15) is 22.3 Å². The van der Waals surface area contributed by atoms with Crippen LogP contribution in [0.15, 0.2) is 29.3 Å². The molecule has 22 heavy (non-hydrogen) atoms. The number of halogens is 3. The van der Waals surface area contributed by atoms with Crippen molar-refractivity contribution < 1.29 is 22.7 Å². The van der Waals surface area contributed by atoms with Crippen LogP contribution in [-0.2, 0) is 11.3 Å². The smallest absolute Gasteiger partial charge is 0.390 e. The second kappa shape index (κ2) is 8.26. The fraction of sp³-hybridized carbons (Fsp3) is 0.429. The molecule has 0 aliphatic rings. The van der Waals surface area contributed by atoms with Crippen molar-refractivity contribution in [2.75, 3.05) is 20.7 Å². The van der Waals surface area contributed by atoms with E-state index in [4.69, 9.17) is 0 Å². The van der Waals surface area contributed by atoms with Gasteiger partial charge < -0.3 is 15.4 Å². The molecule has 0 radical (unpaired) electrons. The van der Waals surface area contributed by atoms with E-state index in [0.29, 0.717) is 12.1 Å². The first kappa shape index (κ1) is 17.8. The molecule has 0 heterocycles. The molecule has 0 bridgehead atoms. The Morgan fingerprint density at radius 3 is 2.36 bits per heavy atom. The minimum absolute atomic E-state index is 0.246. The van der Waals surface area contributed by atoms with Crippen LogP contribution in [0.2, 0.25) is 0 Å². The molecule has 0 aromatic heterocycles. The van der Waals surface area contributed by atoms with E-state index in [1.54, 1.807) is 24.3 Å². The molecule has 0 fully saturated rings. The van der Waals surface area contributed by atoms with Crippen LogP contribution < -0.4 is 10.6 Å². The van der Waals surface area contributed by atoms with Gasteiger partial charge in [0.2, 0.25) is 0 Å². The Kier molecular flexibility index (Phi) is 6.68. The summed E-state index contributed by atoms with van der Waals surface area (Å²) in [5.74, 6) is -0.148. The van der Waals surface area contributed by atoms with Crippen molar-refractivity contribution in [1.82, 2.24) is 10.6 Å². The van der Waals surface area contributed by atoms with Crippen LogP contribution in [0, 0.1) is 0 Å². The Bertz CT molecular complexity index is 513. The summed E-state index contributed by atoms with van der Waals surface area (Å²) in [5.41, 5.74) is 1.28. The molecule has 0 saturated heterocycles. The summed E-state index contributed by atoms with van der Waals surface area (Å²) >= 11 is 0. The molecule has 0 unspecified atom stereocenters. The first-order chi connectivity index (χ1) is 10.4. The highest BCUT2D eigenvalue weighted by atomic mass is 19.4. The van der Waals surface area contributed by atoms with E-state index in [0.717, 1.165) is 5.56 Å². The SMILES string of the molecule is CN=C(NCCC(F)(F)F)NCc1ccc(C(=O)OC)cc1. The number of carbonyl (C=O) groups is 1. The van der Waals surface area contributed by atoms with Crippen LogP contribution in [-0.4, -0.2) is 38.8 Å². The quantitative estimate of drug-likeness (QED) is 0.496. The molecule has 1 aromatic rings. The van der Waals surface area contributed by atoms with Crippen molar-refractivity contribution in [2.24, 2.45) is 4.99 Å². The fourth-order valence-electron chi connectivity index (χ4n) is 1.61. The summed E-state index contributed by atoms with van der Waals surface area (Å²) in [4.78, 5) is 15.1. The second-order valence-corrected chi connectivity index (χ2v) is 4.41. The van der Waals surface area contributed by atoms with Crippen LogP contribution >= 0.6 is 0 Å². The number of rotatable bonds is 5. The number of carbonyl (C=O) groups excluding carboxylic acids is 1. The van der Waals surface area contributed by atoms with Gasteiger partial charge >= 0.3 is 12.1 Å². The van der Waals surface area contributed by atoms with Gasteiger partial charge in [-0.15, -0.1) is 0 Å². The lowest BCUT2D eigenvalue weighted by Crippen LogP contribution is -2.38. The summed E-state index contributed by atoms with van der Waals surface area (Å²) in [6, 6.07) is 6.68. The maximum Gasteiger partial charge on any atom is 0.390 e. The molecule has 5 nitrogen and oxygen atoms in total. The number of benzene rings is 1. The number of ether oxygens (including phenoxy) is 1. The maximum absolute atomic E-state index is 12.1. The number of nitrogens with one attached hydrogen (secondary N) is 2. The highest BCUT2D eigenvalue weighted by Crippen LogP contribution is 2.18. The second-order valence-electron chi connectivity index (χ2n) is 4.41.